The summed E-state index contributed by atoms with van der Waals surface area (Å²) in [6, 6.07) is 1.91. The number of halogens is 1. The zero-order chi connectivity index (χ0) is 13.5. The van der Waals surface area contributed by atoms with Crippen molar-refractivity contribution in [1.82, 2.24) is 10.3 Å². The summed E-state index contributed by atoms with van der Waals surface area (Å²) < 4.78 is 0.870. The van der Waals surface area contributed by atoms with E-state index in [9.17, 15) is 9.59 Å². The van der Waals surface area contributed by atoms with Gasteiger partial charge in [-0.05, 0) is 48.3 Å². The minimum atomic E-state index is -0.792. The van der Waals surface area contributed by atoms with Gasteiger partial charge >= 0.3 is 0 Å². The summed E-state index contributed by atoms with van der Waals surface area (Å²) in [6.45, 7) is 5.59. The van der Waals surface area contributed by atoms with Gasteiger partial charge in [-0.25, -0.2) is 4.98 Å². The van der Waals surface area contributed by atoms with Gasteiger partial charge in [-0.1, -0.05) is 0 Å². The quantitative estimate of drug-likeness (QED) is 0.796. The number of nitrogens with one attached hydrogen (secondary N) is 1. The van der Waals surface area contributed by atoms with E-state index in [1.165, 1.54) is 0 Å². The maximum Gasteiger partial charge on any atom is 0.251 e. The Labute approximate surface area is 114 Å². The van der Waals surface area contributed by atoms with Gasteiger partial charge in [0, 0.05) is 10.7 Å². The number of carbonyl (C=O) groups is 2. The lowest BCUT2D eigenvalue weighted by Gasteiger charge is -2.41. The van der Waals surface area contributed by atoms with Gasteiger partial charge in [-0.3, -0.25) is 14.9 Å². The zero-order valence-corrected chi connectivity index (χ0v) is 12.0. The summed E-state index contributed by atoms with van der Waals surface area (Å²) in [7, 11) is 0. The van der Waals surface area contributed by atoms with Crippen molar-refractivity contribution in [2.75, 3.05) is 11.4 Å². The van der Waals surface area contributed by atoms with Gasteiger partial charge in [0.05, 0.1) is 6.54 Å². The monoisotopic (exact) mass is 311 g/mol. The summed E-state index contributed by atoms with van der Waals surface area (Å²) in [5.41, 5.74) is 0.124. The van der Waals surface area contributed by atoms with Crippen molar-refractivity contribution < 1.29 is 9.59 Å². The van der Waals surface area contributed by atoms with E-state index in [4.69, 9.17) is 0 Å². The molecular weight excluding hydrogens is 298 g/mol. The summed E-state index contributed by atoms with van der Waals surface area (Å²) in [4.78, 5) is 29.4. The predicted molar refractivity (Wildman–Crippen MR) is 71.2 cm³/mol. The number of pyridine rings is 1. The van der Waals surface area contributed by atoms with Crippen molar-refractivity contribution in [2.45, 2.75) is 26.3 Å². The summed E-state index contributed by atoms with van der Waals surface area (Å²) in [5.74, 6) is 0.0534. The Kier molecular flexibility index (Phi) is 3.14. The molecule has 1 fully saturated rings. The SMILES string of the molecule is Cc1cc(Br)cnc1N1CC(=O)NC(=O)C1(C)C. The molecule has 1 aromatic heterocycles. The number of nitrogens with zero attached hydrogens (tertiary/aromatic N) is 2. The third-order valence-corrected chi connectivity index (χ3v) is 3.49. The van der Waals surface area contributed by atoms with Gasteiger partial charge in [0.15, 0.2) is 0 Å². The average molecular weight is 312 g/mol. The van der Waals surface area contributed by atoms with E-state index < -0.39 is 5.54 Å². The van der Waals surface area contributed by atoms with Crippen LogP contribution < -0.4 is 10.2 Å². The highest BCUT2D eigenvalue weighted by Crippen LogP contribution is 2.28. The first kappa shape index (κ1) is 13.0. The molecule has 0 atom stereocenters. The van der Waals surface area contributed by atoms with Crippen molar-refractivity contribution in [3.05, 3.63) is 22.3 Å². The highest BCUT2D eigenvalue weighted by atomic mass is 79.9. The molecule has 5 nitrogen and oxygen atoms in total. The Morgan fingerprint density at radius 2 is 2.11 bits per heavy atom. The fourth-order valence-corrected chi connectivity index (χ4v) is 2.38. The standard InChI is InChI=1S/C12H14BrN3O2/c1-7-4-8(13)5-14-10(7)16-6-9(17)15-11(18)12(16,2)3/h4-5H,6H2,1-3H3,(H,15,17,18). The van der Waals surface area contributed by atoms with E-state index >= 15 is 0 Å². The maximum atomic E-state index is 11.9. The number of aryl methyl sites for hydroxylation is 1. The molecule has 2 rings (SSSR count). The van der Waals surface area contributed by atoms with Crippen LogP contribution in [0.5, 0.6) is 0 Å². The van der Waals surface area contributed by atoms with Gasteiger partial charge in [0.1, 0.15) is 11.4 Å². The van der Waals surface area contributed by atoms with Gasteiger partial charge in [-0.2, -0.15) is 0 Å². The number of anilines is 1. The Morgan fingerprint density at radius 1 is 1.44 bits per heavy atom. The number of piperazine rings is 1. The van der Waals surface area contributed by atoms with Crippen LogP contribution in [-0.4, -0.2) is 28.9 Å². The second-order valence-corrected chi connectivity index (χ2v) is 5.73. The van der Waals surface area contributed by atoms with E-state index in [2.05, 4.69) is 26.2 Å². The lowest BCUT2D eigenvalue weighted by molar-refractivity contribution is -0.135. The molecule has 1 saturated heterocycles. The third-order valence-electron chi connectivity index (χ3n) is 3.06. The fraction of sp³-hybridized carbons (Fsp3) is 0.417. The number of hydrogen-bond donors (Lipinski definition) is 1. The first-order valence-electron chi connectivity index (χ1n) is 5.56. The first-order chi connectivity index (χ1) is 8.32. The molecule has 0 spiro atoms. The number of hydrogen-bond acceptors (Lipinski definition) is 4. The zero-order valence-electron chi connectivity index (χ0n) is 10.5. The molecule has 0 saturated carbocycles. The van der Waals surface area contributed by atoms with Crippen LogP contribution in [0.1, 0.15) is 19.4 Å². The largest absolute Gasteiger partial charge is 0.333 e. The Balaban J connectivity index is 2.47. The summed E-state index contributed by atoms with van der Waals surface area (Å²) in [6.07, 6.45) is 1.66. The molecule has 2 heterocycles. The molecule has 0 bridgehead atoms. The molecule has 1 aliphatic rings. The topological polar surface area (TPSA) is 62.3 Å². The van der Waals surface area contributed by atoms with Crippen LogP contribution in [0.2, 0.25) is 0 Å². The smallest absolute Gasteiger partial charge is 0.251 e. The lowest BCUT2D eigenvalue weighted by atomic mass is 9.98. The van der Waals surface area contributed by atoms with Crippen molar-refractivity contribution in [1.29, 1.82) is 0 Å². The van der Waals surface area contributed by atoms with Crippen LogP contribution in [0, 0.1) is 6.92 Å². The maximum absolute atomic E-state index is 11.9. The third kappa shape index (κ3) is 2.12. The van der Waals surface area contributed by atoms with Crippen LogP contribution in [-0.2, 0) is 9.59 Å². The van der Waals surface area contributed by atoms with Gasteiger partial charge in [-0.15, -0.1) is 0 Å². The normalized spacial score (nSPS) is 18.8. The minimum Gasteiger partial charge on any atom is -0.333 e. The van der Waals surface area contributed by atoms with Crippen LogP contribution >= 0.6 is 15.9 Å². The van der Waals surface area contributed by atoms with Crippen LogP contribution in [0.25, 0.3) is 0 Å². The van der Waals surface area contributed by atoms with E-state index in [0.29, 0.717) is 5.82 Å². The fourth-order valence-electron chi connectivity index (χ4n) is 1.94. The molecule has 6 heteroatoms. The summed E-state index contributed by atoms with van der Waals surface area (Å²) in [5, 5.41) is 2.34. The van der Waals surface area contributed by atoms with Crippen molar-refractivity contribution in [3.63, 3.8) is 0 Å². The van der Waals surface area contributed by atoms with E-state index in [1.54, 1.807) is 24.9 Å². The van der Waals surface area contributed by atoms with Gasteiger partial charge in [0.25, 0.3) is 5.91 Å². The van der Waals surface area contributed by atoms with Crippen LogP contribution in [0.3, 0.4) is 0 Å². The minimum absolute atomic E-state index is 0.133. The first-order valence-corrected chi connectivity index (χ1v) is 6.36. The number of carbonyl (C=O) groups excluding carboxylic acids is 2. The second kappa shape index (κ2) is 4.35. The highest BCUT2D eigenvalue weighted by Gasteiger charge is 2.42. The van der Waals surface area contributed by atoms with Crippen LogP contribution in [0.15, 0.2) is 16.7 Å². The molecule has 0 aromatic carbocycles. The van der Waals surface area contributed by atoms with Gasteiger partial charge in [0.2, 0.25) is 5.91 Å². The van der Waals surface area contributed by atoms with Crippen molar-refractivity contribution >= 4 is 33.6 Å². The van der Waals surface area contributed by atoms with Gasteiger partial charge < -0.3 is 4.90 Å². The predicted octanol–water partition coefficient (Wildman–Crippen LogP) is 1.39. The number of aromatic nitrogens is 1. The molecule has 1 aliphatic heterocycles. The summed E-state index contributed by atoms with van der Waals surface area (Å²) >= 11 is 3.35. The number of amides is 2. The molecule has 0 radical (unpaired) electrons. The Morgan fingerprint density at radius 3 is 2.72 bits per heavy atom. The number of rotatable bonds is 1. The van der Waals surface area contributed by atoms with E-state index in [1.807, 2.05) is 13.0 Å². The second-order valence-electron chi connectivity index (χ2n) is 4.82. The molecule has 0 unspecified atom stereocenters. The van der Waals surface area contributed by atoms with Crippen molar-refractivity contribution in [3.8, 4) is 0 Å². The molecule has 0 aliphatic carbocycles. The van der Waals surface area contributed by atoms with Crippen LogP contribution in [0.4, 0.5) is 5.82 Å². The molecule has 96 valence electrons. The Hall–Kier alpha value is -1.43. The van der Waals surface area contributed by atoms with E-state index in [0.717, 1.165) is 10.0 Å². The molecule has 1 aromatic rings. The van der Waals surface area contributed by atoms with Crippen molar-refractivity contribution in [2.24, 2.45) is 0 Å². The molecule has 1 N–H and O–H groups in total. The highest BCUT2D eigenvalue weighted by molar-refractivity contribution is 9.10. The molecule has 2 amide bonds. The molecular formula is C12H14BrN3O2. The Bertz CT molecular complexity index is 528. The lowest BCUT2D eigenvalue weighted by Crippen LogP contribution is -2.64. The number of imide groups is 1. The average Bonchev–Trinajstić information content (AvgIpc) is 2.24. The molecule has 18 heavy (non-hydrogen) atoms. The van der Waals surface area contributed by atoms with E-state index in [-0.39, 0.29) is 18.4 Å².